The Hall–Kier alpha value is -0.810. The van der Waals surface area contributed by atoms with Gasteiger partial charge in [-0.05, 0) is 20.3 Å². The summed E-state index contributed by atoms with van der Waals surface area (Å²) in [6, 6.07) is 0. The molecule has 21 heavy (non-hydrogen) atoms. The standard InChI is InChI=1S/C16H33NO4/c1-5-8-9-10-11-12-14(18)13-15(20-6-2)17(4)16(19)21-7-3/h14-15,18H,5-13H2,1-4H3. The first-order valence-electron chi connectivity index (χ1n) is 8.25. The number of aliphatic hydroxyl groups is 1. The molecule has 0 rings (SSSR count). The number of unbranched alkanes of at least 4 members (excludes halogenated alkanes) is 4. The maximum absolute atomic E-state index is 11.7. The van der Waals surface area contributed by atoms with Crippen molar-refractivity contribution < 1.29 is 19.4 Å². The minimum Gasteiger partial charge on any atom is -0.450 e. The predicted octanol–water partition coefficient (Wildman–Crippen LogP) is 3.55. The molecule has 5 nitrogen and oxygen atoms in total. The van der Waals surface area contributed by atoms with Gasteiger partial charge in [-0.3, -0.25) is 4.90 Å². The topological polar surface area (TPSA) is 59.0 Å². The number of rotatable bonds is 12. The molecule has 0 aromatic rings. The van der Waals surface area contributed by atoms with E-state index in [1.165, 1.54) is 24.2 Å². The third kappa shape index (κ3) is 9.69. The minimum absolute atomic E-state index is 0.335. The van der Waals surface area contributed by atoms with Crippen molar-refractivity contribution in [1.82, 2.24) is 4.90 Å². The van der Waals surface area contributed by atoms with Crippen molar-refractivity contribution in [2.24, 2.45) is 0 Å². The van der Waals surface area contributed by atoms with E-state index in [1.807, 2.05) is 6.92 Å². The van der Waals surface area contributed by atoms with Gasteiger partial charge in [0.2, 0.25) is 0 Å². The second-order valence-corrected chi connectivity index (χ2v) is 5.31. The summed E-state index contributed by atoms with van der Waals surface area (Å²) in [6.07, 6.45) is 5.76. The molecule has 0 aliphatic carbocycles. The van der Waals surface area contributed by atoms with Gasteiger partial charge >= 0.3 is 6.09 Å². The second-order valence-electron chi connectivity index (χ2n) is 5.31. The molecule has 1 N–H and O–H groups in total. The summed E-state index contributed by atoms with van der Waals surface area (Å²) < 4.78 is 10.5. The molecular weight excluding hydrogens is 270 g/mol. The quantitative estimate of drug-likeness (QED) is 0.442. The van der Waals surface area contributed by atoms with Gasteiger partial charge in [0.1, 0.15) is 6.23 Å². The van der Waals surface area contributed by atoms with E-state index < -0.39 is 18.4 Å². The lowest BCUT2D eigenvalue weighted by atomic mass is 10.1. The molecule has 0 aliphatic heterocycles. The zero-order valence-corrected chi connectivity index (χ0v) is 14.1. The molecular formula is C16H33NO4. The number of carbonyl (C=O) groups excluding carboxylic acids is 1. The molecule has 1 amide bonds. The molecule has 0 bridgehead atoms. The first kappa shape index (κ1) is 20.2. The highest BCUT2D eigenvalue weighted by Gasteiger charge is 2.23. The van der Waals surface area contributed by atoms with Gasteiger partial charge in [0.05, 0.1) is 12.7 Å². The summed E-state index contributed by atoms with van der Waals surface area (Å²) in [5.74, 6) is 0. The van der Waals surface area contributed by atoms with E-state index in [0.29, 0.717) is 19.6 Å². The Bertz CT molecular complexity index is 261. The lowest BCUT2D eigenvalue weighted by Gasteiger charge is -2.28. The van der Waals surface area contributed by atoms with Gasteiger partial charge in [0.25, 0.3) is 0 Å². The van der Waals surface area contributed by atoms with Gasteiger partial charge in [-0.25, -0.2) is 4.79 Å². The molecule has 0 saturated carbocycles. The Morgan fingerprint density at radius 1 is 1.10 bits per heavy atom. The highest BCUT2D eigenvalue weighted by molar-refractivity contribution is 5.67. The number of nitrogens with zero attached hydrogens (tertiary/aromatic N) is 1. The van der Waals surface area contributed by atoms with E-state index in [1.54, 1.807) is 14.0 Å². The number of ether oxygens (including phenoxy) is 2. The molecule has 0 aliphatic rings. The summed E-state index contributed by atoms with van der Waals surface area (Å²) in [5.41, 5.74) is 0. The normalized spacial score (nSPS) is 13.8. The summed E-state index contributed by atoms with van der Waals surface area (Å²) >= 11 is 0. The lowest BCUT2D eigenvalue weighted by Crippen LogP contribution is -2.41. The number of amides is 1. The van der Waals surface area contributed by atoms with Crippen LogP contribution >= 0.6 is 0 Å². The molecule has 2 atom stereocenters. The van der Waals surface area contributed by atoms with Crippen LogP contribution < -0.4 is 0 Å². The number of hydrogen-bond acceptors (Lipinski definition) is 4. The molecule has 0 fully saturated rings. The molecule has 0 aromatic carbocycles. The Balaban J connectivity index is 4.13. The van der Waals surface area contributed by atoms with Gasteiger partial charge in [-0.2, -0.15) is 0 Å². The van der Waals surface area contributed by atoms with Gasteiger partial charge in [0, 0.05) is 20.1 Å². The average Bonchev–Trinajstić information content (AvgIpc) is 2.46. The van der Waals surface area contributed by atoms with Crippen molar-refractivity contribution in [3.05, 3.63) is 0 Å². The number of hydrogen-bond donors (Lipinski definition) is 1. The van der Waals surface area contributed by atoms with Crippen LogP contribution in [0.25, 0.3) is 0 Å². The van der Waals surface area contributed by atoms with E-state index >= 15 is 0 Å². The van der Waals surface area contributed by atoms with Gasteiger partial charge < -0.3 is 14.6 Å². The van der Waals surface area contributed by atoms with Crippen molar-refractivity contribution in [1.29, 1.82) is 0 Å². The van der Waals surface area contributed by atoms with Crippen molar-refractivity contribution in [2.45, 2.75) is 78.0 Å². The summed E-state index contributed by atoms with van der Waals surface area (Å²) in [6.45, 7) is 6.67. The van der Waals surface area contributed by atoms with Crippen molar-refractivity contribution >= 4 is 6.09 Å². The molecule has 5 heteroatoms. The van der Waals surface area contributed by atoms with Crippen molar-refractivity contribution in [3.63, 3.8) is 0 Å². The highest BCUT2D eigenvalue weighted by Crippen LogP contribution is 2.14. The molecule has 126 valence electrons. The SMILES string of the molecule is CCCCCCCC(O)CC(OCC)N(C)C(=O)OCC. The molecule has 0 saturated heterocycles. The minimum atomic E-state index is -0.444. The Morgan fingerprint density at radius 2 is 1.76 bits per heavy atom. The van der Waals surface area contributed by atoms with E-state index in [4.69, 9.17) is 9.47 Å². The van der Waals surface area contributed by atoms with Gasteiger partial charge in [0.15, 0.2) is 0 Å². The van der Waals surface area contributed by atoms with E-state index in [2.05, 4.69) is 6.92 Å². The lowest BCUT2D eigenvalue weighted by molar-refractivity contribution is -0.0624. The smallest absolute Gasteiger partial charge is 0.411 e. The first-order valence-corrected chi connectivity index (χ1v) is 8.25. The second kappa shape index (κ2) is 12.9. The van der Waals surface area contributed by atoms with Crippen LogP contribution in [0, 0.1) is 0 Å². The van der Waals surface area contributed by atoms with Crippen LogP contribution in [0.4, 0.5) is 4.79 Å². The monoisotopic (exact) mass is 303 g/mol. The van der Waals surface area contributed by atoms with Gasteiger partial charge in [-0.15, -0.1) is 0 Å². The molecule has 0 heterocycles. The van der Waals surface area contributed by atoms with E-state index in [0.717, 1.165) is 19.3 Å². The maximum atomic E-state index is 11.7. The van der Waals surface area contributed by atoms with Crippen LogP contribution in [0.1, 0.15) is 65.7 Å². The Labute approximate surface area is 129 Å². The largest absolute Gasteiger partial charge is 0.450 e. The maximum Gasteiger partial charge on any atom is 0.411 e. The fourth-order valence-electron chi connectivity index (χ4n) is 2.21. The summed E-state index contributed by atoms with van der Waals surface area (Å²) in [7, 11) is 1.65. The zero-order valence-electron chi connectivity index (χ0n) is 14.1. The third-order valence-corrected chi connectivity index (χ3v) is 3.46. The molecule has 2 unspecified atom stereocenters. The fourth-order valence-corrected chi connectivity index (χ4v) is 2.21. The van der Waals surface area contributed by atoms with Crippen LogP contribution in [-0.4, -0.2) is 48.7 Å². The number of carbonyl (C=O) groups is 1. The Morgan fingerprint density at radius 3 is 2.33 bits per heavy atom. The first-order chi connectivity index (χ1) is 10.1. The van der Waals surface area contributed by atoms with Crippen LogP contribution in [0.3, 0.4) is 0 Å². The molecule has 0 radical (unpaired) electrons. The summed E-state index contributed by atoms with van der Waals surface area (Å²) in [4.78, 5) is 13.1. The molecule has 0 spiro atoms. The molecule has 0 aromatic heterocycles. The van der Waals surface area contributed by atoms with Crippen molar-refractivity contribution in [3.8, 4) is 0 Å². The fraction of sp³-hybridized carbons (Fsp3) is 0.938. The summed E-state index contributed by atoms with van der Waals surface area (Å²) in [5, 5.41) is 10.1. The predicted molar refractivity (Wildman–Crippen MR) is 84.2 cm³/mol. The van der Waals surface area contributed by atoms with Crippen LogP contribution in [0.15, 0.2) is 0 Å². The third-order valence-electron chi connectivity index (χ3n) is 3.46. The van der Waals surface area contributed by atoms with E-state index in [-0.39, 0.29) is 0 Å². The van der Waals surface area contributed by atoms with Crippen LogP contribution in [0.2, 0.25) is 0 Å². The Kier molecular flexibility index (Phi) is 12.4. The highest BCUT2D eigenvalue weighted by atomic mass is 16.6. The van der Waals surface area contributed by atoms with Crippen LogP contribution in [0.5, 0.6) is 0 Å². The van der Waals surface area contributed by atoms with Gasteiger partial charge in [-0.1, -0.05) is 39.0 Å². The van der Waals surface area contributed by atoms with E-state index in [9.17, 15) is 9.90 Å². The van der Waals surface area contributed by atoms with Crippen molar-refractivity contribution in [2.75, 3.05) is 20.3 Å². The van der Waals surface area contributed by atoms with Crippen LogP contribution in [-0.2, 0) is 9.47 Å². The average molecular weight is 303 g/mol. The number of aliphatic hydroxyl groups excluding tert-OH is 1. The zero-order chi connectivity index (χ0) is 16.1.